The highest BCUT2D eigenvalue weighted by Crippen LogP contribution is 2.20. The number of nitro groups is 1. The molecule has 5 nitrogen and oxygen atoms in total. The summed E-state index contributed by atoms with van der Waals surface area (Å²) in [5.41, 5.74) is 2.58. The van der Waals surface area contributed by atoms with E-state index in [1.54, 1.807) is 7.05 Å². The second-order valence-electron chi connectivity index (χ2n) is 5.51. The van der Waals surface area contributed by atoms with Crippen molar-refractivity contribution >= 4 is 11.6 Å². The minimum absolute atomic E-state index is 0.0883. The molecule has 0 unspecified atom stereocenters. The van der Waals surface area contributed by atoms with E-state index in [2.05, 4.69) is 0 Å². The van der Waals surface area contributed by atoms with Gasteiger partial charge in [-0.1, -0.05) is 23.8 Å². The topological polar surface area (TPSA) is 63.5 Å². The average molecular weight is 316 g/mol. The zero-order valence-electron chi connectivity index (χ0n) is 13.2. The summed E-state index contributed by atoms with van der Waals surface area (Å²) >= 11 is 0. The molecule has 6 heteroatoms. The molecular formula is C17H17FN2O3. The Bertz CT molecular complexity index is 774. The van der Waals surface area contributed by atoms with Gasteiger partial charge in [-0.3, -0.25) is 14.9 Å². The smallest absolute Gasteiger partial charge is 0.305 e. The highest BCUT2D eigenvalue weighted by molar-refractivity contribution is 5.94. The van der Waals surface area contributed by atoms with Crippen LogP contribution in [0, 0.1) is 29.8 Å². The molecule has 0 fully saturated rings. The van der Waals surface area contributed by atoms with Crippen LogP contribution in [0.5, 0.6) is 0 Å². The Morgan fingerprint density at radius 2 is 1.91 bits per heavy atom. The van der Waals surface area contributed by atoms with E-state index in [1.807, 2.05) is 32.0 Å². The van der Waals surface area contributed by atoms with Crippen molar-refractivity contribution in [1.29, 1.82) is 0 Å². The van der Waals surface area contributed by atoms with E-state index in [0.29, 0.717) is 6.54 Å². The molecule has 0 aromatic heterocycles. The number of aryl methyl sites for hydroxylation is 2. The average Bonchev–Trinajstić information content (AvgIpc) is 2.49. The Kier molecular flexibility index (Phi) is 4.74. The largest absolute Gasteiger partial charge is 0.337 e. The van der Waals surface area contributed by atoms with Crippen molar-refractivity contribution in [1.82, 2.24) is 4.90 Å². The highest BCUT2D eigenvalue weighted by atomic mass is 19.1. The molecule has 0 spiro atoms. The maximum absolute atomic E-state index is 13.4. The number of carbonyl (C=O) groups excluding carboxylic acids is 1. The van der Waals surface area contributed by atoms with E-state index >= 15 is 0 Å². The number of hydrogen-bond acceptors (Lipinski definition) is 3. The Balaban J connectivity index is 2.23. The van der Waals surface area contributed by atoms with Crippen LogP contribution in [0.25, 0.3) is 0 Å². The molecule has 0 bridgehead atoms. The monoisotopic (exact) mass is 316 g/mol. The fourth-order valence-corrected chi connectivity index (χ4v) is 2.36. The molecule has 0 aliphatic carbocycles. The molecule has 0 heterocycles. The summed E-state index contributed by atoms with van der Waals surface area (Å²) in [6.07, 6.45) is 0. The summed E-state index contributed by atoms with van der Waals surface area (Å²) in [5, 5.41) is 10.8. The molecule has 0 N–H and O–H groups in total. The number of halogens is 1. The second-order valence-corrected chi connectivity index (χ2v) is 5.51. The van der Waals surface area contributed by atoms with Crippen molar-refractivity contribution in [3.8, 4) is 0 Å². The first kappa shape index (κ1) is 16.6. The minimum atomic E-state index is -0.955. The molecule has 23 heavy (non-hydrogen) atoms. The predicted molar refractivity (Wildman–Crippen MR) is 84.8 cm³/mol. The van der Waals surface area contributed by atoms with Crippen LogP contribution in [0.4, 0.5) is 10.1 Å². The third kappa shape index (κ3) is 3.71. The van der Waals surface area contributed by atoms with Gasteiger partial charge < -0.3 is 4.90 Å². The summed E-state index contributed by atoms with van der Waals surface area (Å²) < 4.78 is 13.4. The second kappa shape index (κ2) is 6.56. The molecule has 0 aliphatic rings. The van der Waals surface area contributed by atoms with E-state index < -0.39 is 22.3 Å². The number of rotatable bonds is 4. The Labute approximate surface area is 133 Å². The summed E-state index contributed by atoms with van der Waals surface area (Å²) in [6, 6.07) is 9.09. The van der Waals surface area contributed by atoms with Gasteiger partial charge in [-0.15, -0.1) is 0 Å². The van der Waals surface area contributed by atoms with Crippen molar-refractivity contribution in [3.63, 3.8) is 0 Å². The van der Waals surface area contributed by atoms with Gasteiger partial charge in [-0.25, -0.2) is 0 Å². The molecule has 0 atom stereocenters. The summed E-state index contributed by atoms with van der Waals surface area (Å²) in [7, 11) is 1.61. The fraction of sp³-hybridized carbons (Fsp3) is 0.235. The van der Waals surface area contributed by atoms with Crippen LogP contribution in [-0.4, -0.2) is 22.8 Å². The van der Waals surface area contributed by atoms with Crippen molar-refractivity contribution in [2.24, 2.45) is 0 Å². The van der Waals surface area contributed by atoms with Crippen molar-refractivity contribution in [2.45, 2.75) is 20.4 Å². The van der Waals surface area contributed by atoms with Gasteiger partial charge in [0, 0.05) is 25.2 Å². The molecule has 1 amide bonds. The van der Waals surface area contributed by atoms with Crippen LogP contribution in [-0.2, 0) is 6.54 Å². The van der Waals surface area contributed by atoms with E-state index in [4.69, 9.17) is 0 Å². The number of nitrogens with zero attached hydrogens (tertiary/aromatic N) is 2. The lowest BCUT2D eigenvalue weighted by Crippen LogP contribution is -2.26. The number of carbonyl (C=O) groups is 1. The third-order valence-electron chi connectivity index (χ3n) is 3.64. The summed E-state index contributed by atoms with van der Waals surface area (Å²) in [5.74, 6) is -1.35. The van der Waals surface area contributed by atoms with Crippen LogP contribution in [0.2, 0.25) is 0 Å². The number of nitro benzene ring substituents is 1. The molecule has 0 aliphatic heterocycles. The van der Waals surface area contributed by atoms with E-state index in [-0.39, 0.29) is 5.56 Å². The number of amides is 1. The molecular weight excluding hydrogens is 299 g/mol. The quantitative estimate of drug-likeness (QED) is 0.639. The predicted octanol–water partition coefficient (Wildman–Crippen LogP) is 3.62. The maximum Gasteiger partial charge on any atom is 0.305 e. The lowest BCUT2D eigenvalue weighted by molar-refractivity contribution is -0.387. The van der Waals surface area contributed by atoms with E-state index in [0.717, 1.165) is 28.8 Å². The van der Waals surface area contributed by atoms with E-state index in [1.165, 1.54) is 11.0 Å². The lowest BCUT2D eigenvalue weighted by atomic mass is 10.1. The summed E-state index contributed by atoms with van der Waals surface area (Å²) in [6.45, 7) is 4.32. The maximum atomic E-state index is 13.4. The van der Waals surface area contributed by atoms with E-state index in [9.17, 15) is 19.3 Å². The first-order chi connectivity index (χ1) is 10.8. The minimum Gasteiger partial charge on any atom is -0.337 e. The standard InChI is InChI=1S/C17H17FN2O3/c1-11-4-5-14(12(2)8-11)10-19(3)17(21)13-6-7-15(18)16(9-13)20(22)23/h4-9H,10H2,1-3H3. The SMILES string of the molecule is Cc1ccc(CN(C)C(=O)c2ccc(F)c([N+](=O)[O-])c2)c(C)c1. The van der Waals surface area contributed by atoms with Crippen molar-refractivity contribution in [3.05, 3.63) is 74.6 Å². The molecule has 2 aromatic carbocycles. The zero-order valence-corrected chi connectivity index (χ0v) is 13.2. The molecule has 0 saturated heterocycles. The van der Waals surface area contributed by atoms with Crippen LogP contribution < -0.4 is 0 Å². The van der Waals surface area contributed by atoms with Gasteiger partial charge in [0.05, 0.1) is 4.92 Å². The van der Waals surface area contributed by atoms with Crippen molar-refractivity contribution < 1.29 is 14.1 Å². The normalized spacial score (nSPS) is 10.4. The van der Waals surface area contributed by atoms with Crippen LogP contribution >= 0.6 is 0 Å². The van der Waals surface area contributed by atoms with Gasteiger partial charge in [-0.05, 0) is 37.1 Å². The lowest BCUT2D eigenvalue weighted by Gasteiger charge is -2.19. The Morgan fingerprint density at radius 1 is 1.22 bits per heavy atom. The number of hydrogen-bond donors (Lipinski definition) is 0. The Hall–Kier alpha value is -2.76. The van der Waals surface area contributed by atoms with Gasteiger partial charge in [0.15, 0.2) is 0 Å². The molecule has 2 rings (SSSR count). The van der Waals surface area contributed by atoms with Gasteiger partial charge in [0.1, 0.15) is 0 Å². The summed E-state index contributed by atoms with van der Waals surface area (Å²) in [4.78, 5) is 23.8. The zero-order chi connectivity index (χ0) is 17.1. The van der Waals surface area contributed by atoms with Crippen LogP contribution in [0.15, 0.2) is 36.4 Å². The van der Waals surface area contributed by atoms with Crippen LogP contribution in [0.3, 0.4) is 0 Å². The van der Waals surface area contributed by atoms with Gasteiger partial charge in [-0.2, -0.15) is 4.39 Å². The molecule has 2 aromatic rings. The molecule has 0 saturated carbocycles. The Morgan fingerprint density at radius 3 is 2.52 bits per heavy atom. The molecule has 0 radical (unpaired) electrons. The van der Waals surface area contributed by atoms with Gasteiger partial charge >= 0.3 is 5.69 Å². The van der Waals surface area contributed by atoms with Gasteiger partial charge in [0.2, 0.25) is 5.82 Å². The highest BCUT2D eigenvalue weighted by Gasteiger charge is 2.20. The van der Waals surface area contributed by atoms with Gasteiger partial charge in [0.25, 0.3) is 5.91 Å². The van der Waals surface area contributed by atoms with Crippen LogP contribution in [0.1, 0.15) is 27.0 Å². The number of benzene rings is 2. The fourth-order valence-electron chi connectivity index (χ4n) is 2.36. The van der Waals surface area contributed by atoms with Crippen molar-refractivity contribution in [2.75, 3.05) is 7.05 Å². The first-order valence-corrected chi connectivity index (χ1v) is 7.05. The molecule has 120 valence electrons. The third-order valence-corrected chi connectivity index (χ3v) is 3.64. The first-order valence-electron chi connectivity index (χ1n) is 7.05.